The number of benzene rings is 2. The fourth-order valence-electron chi connectivity index (χ4n) is 6.42. The molecule has 48 heavy (non-hydrogen) atoms. The zero-order chi connectivity index (χ0) is 33.3. The summed E-state index contributed by atoms with van der Waals surface area (Å²) in [5.41, 5.74) is 6.72. The number of hydrogen-bond acceptors (Lipinski definition) is 8. The van der Waals surface area contributed by atoms with Crippen molar-refractivity contribution in [3.05, 3.63) is 155 Å². The summed E-state index contributed by atoms with van der Waals surface area (Å²) in [5.74, 6) is -0.00624. The molecule has 0 saturated carbocycles. The van der Waals surface area contributed by atoms with E-state index in [0.717, 1.165) is 22.3 Å². The summed E-state index contributed by atoms with van der Waals surface area (Å²) in [7, 11) is 0. The molecule has 4 aromatic rings. The second-order valence-electron chi connectivity index (χ2n) is 11.6. The third-order valence-electron chi connectivity index (χ3n) is 8.57. The van der Waals surface area contributed by atoms with Crippen molar-refractivity contribution >= 4 is 23.1 Å². The highest BCUT2D eigenvalue weighted by atomic mass is 16.5. The summed E-state index contributed by atoms with van der Waals surface area (Å²) in [6.07, 6.45) is 8.50. The molecule has 8 heteroatoms. The number of carbonyl (C=O) groups is 2. The maximum atomic E-state index is 13.5. The van der Waals surface area contributed by atoms with Crippen LogP contribution in [0.4, 0.5) is 0 Å². The van der Waals surface area contributed by atoms with E-state index in [9.17, 15) is 9.59 Å². The van der Waals surface area contributed by atoms with Crippen LogP contribution in [-0.2, 0) is 19.1 Å². The van der Waals surface area contributed by atoms with E-state index in [4.69, 9.17) is 18.3 Å². The molecule has 0 radical (unpaired) electrons. The van der Waals surface area contributed by atoms with Crippen molar-refractivity contribution in [1.29, 1.82) is 0 Å². The molecule has 2 atom stereocenters. The average molecular weight is 645 g/mol. The Labute approximate surface area is 280 Å². The molecular formula is C40H40N2O6. The molecule has 6 rings (SSSR count). The van der Waals surface area contributed by atoms with Crippen molar-refractivity contribution in [3.8, 4) is 0 Å². The lowest BCUT2D eigenvalue weighted by Gasteiger charge is -2.28. The van der Waals surface area contributed by atoms with Crippen molar-refractivity contribution in [2.24, 2.45) is 0 Å². The highest BCUT2D eigenvalue weighted by molar-refractivity contribution is 5.95. The number of ether oxygens (including phenoxy) is 2. The quantitative estimate of drug-likeness (QED) is 0.114. The Balaban J connectivity index is 1.32. The second kappa shape index (κ2) is 15.4. The third kappa shape index (κ3) is 7.23. The minimum Gasteiger partial charge on any atom is -0.469 e. The molecule has 0 amide bonds. The molecule has 246 valence electrons. The van der Waals surface area contributed by atoms with Crippen LogP contribution in [0.2, 0.25) is 0 Å². The van der Waals surface area contributed by atoms with Crippen LogP contribution < -0.4 is 10.6 Å². The first-order valence-electron chi connectivity index (χ1n) is 16.5. The highest BCUT2D eigenvalue weighted by Crippen LogP contribution is 2.42. The van der Waals surface area contributed by atoms with Gasteiger partial charge in [0.15, 0.2) is 0 Å². The molecule has 0 bridgehead atoms. The first kappa shape index (κ1) is 32.4. The molecule has 0 fully saturated rings. The van der Waals surface area contributed by atoms with Gasteiger partial charge in [-0.3, -0.25) is 0 Å². The molecule has 0 spiro atoms. The van der Waals surface area contributed by atoms with Gasteiger partial charge in [0.25, 0.3) is 0 Å². The first-order chi connectivity index (χ1) is 23.6. The summed E-state index contributed by atoms with van der Waals surface area (Å²) in [6.45, 7) is 5.02. The van der Waals surface area contributed by atoms with Gasteiger partial charge in [0.2, 0.25) is 0 Å². The first-order valence-corrected chi connectivity index (χ1v) is 16.5. The molecule has 0 unspecified atom stereocenters. The summed E-state index contributed by atoms with van der Waals surface area (Å²) in [5, 5.41) is 7.03. The Bertz CT molecular complexity index is 1680. The van der Waals surface area contributed by atoms with Gasteiger partial charge in [0.05, 0.1) is 48.7 Å². The van der Waals surface area contributed by atoms with Gasteiger partial charge >= 0.3 is 11.9 Å². The number of nitrogens with one attached hydrogen (secondary N) is 2. The van der Waals surface area contributed by atoms with Crippen molar-refractivity contribution in [2.45, 2.75) is 38.5 Å². The highest BCUT2D eigenvalue weighted by Gasteiger charge is 2.35. The molecule has 2 heterocycles. The minimum absolute atomic E-state index is 0.259. The van der Waals surface area contributed by atoms with Crippen LogP contribution in [0.15, 0.2) is 141 Å². The molecular weight excluding hydrogens is 604 g/mol. The van der Waals surface area contributed by atoms with Crippen LogP contribution in [0.5, 0.6) is 0 Å². The number of carbonyl (C=O) groups excluding carboxylic acids is 2. The van der Waals surface area contributed by atoms with Crippen molar-refractivity contribution < 1.29 is 27.9 Å². The number of rotatable bonds is 13. The second-order valence-corrected chi connectivity index (χ2v) is 11.6. The summed E-state index contributed by atoms with van der Waals surface area (Å²) in [4.78, 5) is 26.9. The van der Waals surface area contributed by atoms with Gasteiger partial charge in [-0.1, -0.05) is 60.7 Å². The smallest absolute Gasteiger partial charge is 0.336 e. The Morgan fingerprint density at radius 1 is 0.625 bits per heavy atom. The van der Waals surface area contributed by atoms with Gasteiger partial charge < -0.3 is 28.9 Å². The Morgan fingerprint density at radius 2 is 1.04 bits per heavy atom. The van der Waals surface area contributed by atoms with Gasteiger partial charge in [-0.25, -0.2) is 9.59 Å². The van der Waals surface area contributed by atoms with Gasteiger partial charge in [-0.05, 0) is 85.4 Å². The van der Waals surface area contributed by atoms with E-state index in [2.05, 4.69) is 34.9 Å². The fourth-order valence-corrected chi connectivity index (χ4v) is 6.42. The zero-order valence-corrected chi connectivity index (χ0v) is 27.2. The maximum Gasteiger partial charge on any atom is 0.336 e. The lowest BCUT2D eigenvalue weighted by Crippen LogP contribution is -2.32. The van der Waals surface area contributed by atoms with Crippen LogP contribution in [0.3, 0.4) is 0 Å². The molecule has 2 aliphatic rings. The van der Waals surface area contributed by atoms with Crippen LogP contribution in [-0.4, -0.2) is 38.2 Å². The maximum absolute atomic E-state index is 13.5. The molecule has 0 aliphatic heterocycles. The Hall–Kier alpha value is -5.50. The molecule has 8 nitrogen and oxygen atoms in total. The van der Waals surface area contributed by atoms with Crippen LogP contribution in [0.1, 0.15) is 61.2 Å². The fraction of sp³-hybridized carbons (Fsp3) is 0.250. The van der Waals surface area contributed by atoms with Gasteiger partial charge in [-0.2, -0.15) is 0 Å². The van der Waals surface area contributed by atoms with Crippen molar-refractivity contribution in [1.82, 2.24) is 10.6 Å². The topological polar surface area (TPSA) is 103 Å². The van der Waals surface area contributed by atoms with Gasteiger partial charge in [-0.15, -0.1) is 0 Å². The number of hydrogen-bond donors (Lipinski definition) is 2. The number of allylic oxidation sites excluding steroid dienone is 4. The normalized spacial score (nSPS) is 17.8. The Kier molecular flexibility index (Phi) is 10.4. The summed E-state index contributed by atoms with van der Waals surface area (Å²) >= 11 is 0. The Morgan fingerprint density at radius 3 is 1.40 bits per heavy atom. The lowest BCUT2D eigenvalue weighted by atomic mass is 9.81. The van der Waals surface area contributed by atoms with Crippen molar-refractivity contribution in [3.63, 3.8) is 0 Å². The lowest BCUT2D eigenvalue weighted by molar-refractivity contribution is -0.139. The van der Waals surface area contributed by atoms with E-state index in [1.54, 1.807) is 26.4 Å². The monoisotopic (exact) mass is 644 g/mol. The summed E-state index contributed by atoms with van der Waals surface area (Å²) in [6, 6.07) is 27.7. The molecule has 2 aromatic heterocycles. The predicted molar refractivity (Wildman–Crippen MR) is 184 cm³/mol. The number of esters is 2. The SMILES string of the molecule is CCOC(=O)C1=C(NCCNC2=C(C(=O)OCC)[C@H](c3ccco3)CC(c3ccccc3)=C2)C=C(c2ccccc2)C[C@H]1c1ccco1. The third-order valence-corrected chi connectivity index (χ3v) is 8.57. The standard InChI is InChI=1S/C40H40N2O6/c1-3-45-39(43)37-31(35-17-11-21-47-35)23-29(27-13-7-5-8-14-27)25-33(37)41-19-20-42-34-26-30(28-15-9-6-10-16-28)24-32(36-18-12-22-48-36)38(34)40(44)46-4-2/h5-18,21-22,25-26,31-32,41-42H,3-4,19-20,23-24H2,1-2H3/t31-,32-/m0/s1. The predicted octanol–water partition coefficient (Wildman–Crippen LogP) is 7.53. The van der Waals surface area contributed by atoms with Crippen molar-refractivity contribution in [2.75, 3.05) is 26.3 Å². The van der Waals surface area contributed by atoms with E-state index in [0.29, 0.717) is 60.0 Å². The minimum atomic E-state index is -0.381. The largest absolute Gasteiger partial charge is 0.469 e. The molecule has 2 aliphatic carbocycles. The van der Waals surface area contributed by atoms with Gasteiger partial charge in [0, 0.05) is 24.5 Å². The van der Waals surface area contributed by atoms with E-state index >= 15 is 0 Å². The molecule has 0 saturated heterocycles. The number of furan rings is 2. The molecule has 2 aromatic carbocycles. The average Bonchev–Trinajstić information content (AvgIpc) is 3.86. The van der Waals surface area contributed by atoms with E-state index in [1.165, 1.54) is 0 Å². The van der Waals surface area contributed by atoms with E-state index < -0.39 is 0 Å². The van der Waals surface area contributed by atoms with E-state index in [1.807, 2.05) is 72.8 Å². The summed E-state index contributed by atoms with van der Waals surface area (Å²) < 4.78 is 22.8. The van der Waals surface area contributed by atoms with Crippen LogP contribution in [0.25, 0.3) is 11.1 Å². The van der Waals surface area contributed by atoms with Crippen LogP contribution >= 0.6 is 0 Å². The van der Waals surface area contributed by atoms with E-state index in [-0.39, 0.29) is 37.0 Å². The molecule has 2 N–H and O–H groups in total. The van der Waals surface area contributed by atoms with Gasteiger partial charge in [0.1, 0.15) is 11.5 Å². The zero-order valence-electron chi connectivity index (χ0n) is 27.2. The van der Waals surface area contributed by atoms with Crippen LogP contribution in [0, 0.1) is 0 Å².